The number of carbonyl (C=O) groups excluding carboxylic acids is 2. The molecule has 0 heterocycles. The predicted octanol–water partition coefficient (Wildman–Crippen LogP) is 6.52. The second kappa shape index (κ2) is 13.5. The van der Waals surface area contributed by atoms with E-state index < -0.39 is 6.04 Å². The molecule has 6 heteroatoms. The van der Waals surface area contributed by atoms with Crippen molar-refractivity contribution in [3.8, 4) is 0 Å². The van der Waals surface area contributed by atoms with Crippen LogP contribution < -0.4 is 5.32 Å². The molecule has 4 rings (SSSR count). The number of rotatable bonds is 10. The molecule has 1 atom stereocenters. The van der Waals surface area contributed by atoms with Crippen molar-refractivity contribution in [2.24, 2.45) is 0 Å². The largest absolute Gasteiger partial charge is 0.352 e. The summed E-state index contributed by atoms with van der Waals surface area (Å²) in [5.41, 5.74) is 1.94. The van der Waals surface area contributed by atoms with Crippen LogP contribution in [0.25, 0.3) is 0 Å². The highest BCUT2D eigenvalue weighted by molar-refractivity contribution is 8.00. The van der Waals surface area contributed by atoms with Gasteiger partial charge in [-0.1, -0.05) is 91.5 Å². The summed E-state index contributed by atoms with van der Waals surface area (Å²) in [5, 5.41) is 3.90. The first kappa shape index (κ1) is 26.3. The molecule has 36 heavy (non-hydrogen) atoms. The van der Waals surface area contributed by atoms with Crippen molar-refractivity contribution >= 4 is 35.2 Å². The lowest BCUT2D eigenvalue weighted by Gasteiger charge is -2.33. The molecule has 0 bridgehead atoms. The van der Waals surface area contributed by atoms with Gasteiger partial charge in [0.05, 0.1) is 5.75 Å². The number of hydrogen-bond donors (Lipinski definition) is 1. The number of halogens is 1. The minimum atomic E-state index is -0.614. The second-order valence-electron chi connectivity index (χ2n) is 9.30. The van der Waals surface area contributed by atoms with E-state index in [9.17, 15) is 9.59 Å². The number of amides is 2. The smallest absolute Gasteiger partial charge is 0.243 e. The highest BCUT2D eigenvalue weighted by Gasteiger charge is 2.32. The Hall–Kier alpha value is -2.76. The van der Waals surface area contributed by atoms with Gasteiger partial charge in [0.2, 0.25) is 11.8 Å². The molecule has 4 nitrogen and oxygen atoms in total. The summed E-state index contributed by atoms with van der Waals surface area (Å²) in [6, 6.07) is 26.9. The van der Waals surface area contributed by atoms with Crippen LogP contribution in [0, 0.1) is 0 Å². The number of nitrogens with zero attached hydrogens (tertiary/aromatic N) is 1. The standard InChI is InChI=1S/C30H33ClN2O2S/c31-25-14-10-13-24(19-25)21-33(29(34)22-36-27-17-8-3-9-18-27)28(20-23-11-4-1-5-12-23)30(35)32-26-15-6-2-7-16-26/h1,3-5,8-14,17-19,26,28H,2,6-7,15-16,20-22H2,(H,32,35). The first-order valence-electron chi connectivity index (χ1n) is 12.6. The number of thioether (sulfide) groups is 1. The van der Waals surface area contributed by atoms with E-state index in [0.717, 1.165) is 41.7 Å². The Morgan fingerprint density at radius 1 is 0.889 bits per heavy atom. The van der Waals surface area contributed by atoms with Crippen LogP contribution in [-0.4, -0.2) is 34.6 Å². The van der Waals surface area contributed by atoms with Gasteiger partial charge in [0.25, 0.3) is 0 Å². The van der Waals surface area contributed by atoms with Gasteiger partial charge in [-0.2, -0.15) is 0 Å². The lowest BCUT2D eigenvalue weighted by Crippen LogP contribution is -2.53. The quantitative estimate of drug-likeness (QED) is 0.309. The van der Waals surface area contributed by atoms with Crippen molar-refractivity contribution in [2.45, 2.75) is 62.0 Å². The van der Waals surface area contributed by atoms with Crippen LogP contribution in [0.4, 0.5) is 0 Å². The minimum absolute atomic E-state index is 0.0662. The monoisotopic (exact) mass is 520 g/mol. The van der Waals surface area contributed by atoms with E-state index in [1.807, 2.05) is 84.9 Å². The molecule has 0 saturated heterocycles. The van der Waals surface area contributed by atoms with Gasteiger partial charge in [0.1, 0.15) is 6.04 Å². The maximum absolute atomic E-state index is 13.8. The predicted molar refractivity (Wildman–Crippen MR) is 148 cm³/mol. The number of hydrogen-bond acceptors (Lipinski definition) is 3. The zero-order valence-corrected chi connectivity index (χ0v) is 22.0. The Morgan fingerprint density at radius 2 is 1.56 bits per heavy atom. The molecule has 1 saturated carbocycles. The molecule has 1 fully saturated rings. The molecule has 1 unspecified atom stereocenters. The van der Waals surface area contributed by atoms with Crippen LogP contribution in [0.15, 0.2) is 89.8 Å². The van der Waals surface area contributed by atoms with E-state index in [1.54, 1.807) is 4.90 Å². The van der Waals surface area contributed by atoms with Crippen LogP contribution in [0.2, 0.25) is 5.02 Å². The van der Waals surface area contributed by atoms with Crippen molar-refractivity contribution in [1.29, 1.82) is 0 Å². The second-order valence-corrected chi connectivity index (χ2v) is 10.8. The van der Waals surface area contributed by atoms with Gasteiger partial charge in [0, 0.05) is 28.9 Å². The van der Waals surface area contributed by atoms with Gasteiger partial charge in [-0.3, -0.25) is 9.59 Å². The summed E-state index contributed by atoms with van der Waals surface area (Å²) in [5.74, 6) is 0.112. The Bertz CT molecular complexity index is 1120. The van der Waals surface area contributed by atoms with Crippen molar-refractivity contribution in [3.05, 3.63) is 101 Å². The number of benzene rings is 3. The summed E-state index contributed by atoms with van der Waals surface area (Å²) in [4.78, 5) is 30.3. The maximum Gasteiger partial charge on any atom is 0.243 e. The Morgan fingerprint density at radius 3 is 2.25 bits per heavy atom. The highest BCUT2D eigenvalue weighted by atomic mass is 35.5. The molecule has 0 aliphatic heterocycles. The topological polar surface area (TPSA) is 49.4 Å². The van der Waals surface area contributed by atoms with Gasteiger partial charge >= 0.3 is 0 Å². The van der Waals surface area contributed by atoms with Gasteiger partial charge in [0.15, 0.2) is 0 Å². The van der Waals surface area contributed by atoms with Crippen LogP contribution in [0.5, 0.6) is 0 Å². The Kier molecular flexibility index (Phi) is 9.88. The van der Waals surface area contributed by atoms with Crippen LogP contribution in [0.3, 0.4) is 0 Å². The molecule has 0 radical (unpaired) electrons. The molecule has 0 spiro atoms. The average molecular weight is 521 g/mol. The Labute approximate surface area is 223 Å². The van der Waals surface area contributed by atoms with E-state index >= 15 is 0 Å². The molecule has 3 aromatic carbocycles. The molecule has 3 aromatic rings. The fourth-order valence-electron chi connectivity index (χ4n) is 4.67. The zero-order chi connectivity index (χ0) is 25.2. The molecule has 1 aliphatic carbocycles. The normalized spacial score (nSPS) is 14.7. The first-order chi connectivity index (χ1) is 17.6. The number of carbonyl (C=O) groups is 2. The van der Waals surface area contributed by atoms with E-state index in [1.165, 1.54) is 18.2 Å². The summed E-state index contributed by atoms with van der Waals surface area (Å²) in [6.07, 6.45) is 5.93. The molecular formula is C30H33ClN2O2S. The number of nitrogens with one attached hydrogen (secondary N) is 1. The summed E-state index contributed by atoms with van der Waals surface area (Å²) in [6.45, 7) is 0.324. The molecule has 0 aromatic heterocycles. The van der Waals surface area contributed by atoms with Gasteiger partial charge < -0.3 is 10.2 Å². The summed E-state index contributed by atoms with van der Waals surface area (Å²) in [7, 11) is 0. The first-order valence-corrected chi connectivity index (χ1v) is 14.0. The third-order valence-electron chi connectivity index (χ3n) is 6.57. The van der Waals surface area contributed by atoms with Gasteiger partial charge in [-0.05, 0) is 48.2 Å². The molecule has 188 valence electrons. The molecule has 1 aliphatic rings. The molecule has 1 N–H and O–H groups in total. The van der Waals surface area contributed by atoms with E-state index in [2.05, 4.69) is 5.32 Å². The van der Waals surface area contributed by atoms with Gasteiger partial charge in [-0.15, -0.1) is 11.8 Å². The summed E-state index contributed by atoms with van der Waals surface area (Å²) >= 11 is 7.76. The fraction of sp³-hybridized carbons (Fsp3) is 0.333. The van der Waals surface area contributed by atoms with E-state index in [0.29, 0.717) is 18.0 Å². The maximum atomic E-state index is 13.8. The highest BCUT2D eigenvalue weighted by Crippen LogP contribution is 2.23. The van der Waals surface area contributed by atoms with Crippen LogP contribution in [-0.2, 0) is 22.6 Å². The fourth-order valence-corrected chi connectivity index (χ4v) is 5.69. The van der Waals surface area contributed by atoms with Crippen molar-refractivity contribution in [3.63, 3.8) is 0 Å². The Balaban J connectivity index is 1.60. The van der Waals surface area contributed by atoms with Crippen molar-refractivity contribution < 1.29 is 9.59 Å². The van der Waals surface area contributed by atoms with Crippen molar-refractivity contribution in [1.82, 2.24) is 10.2 Å². The van der Waals surface area contributed by atoms with Crippen LogP contribution >= 0.6 is 23.4 Å². The molecule has 2 amide bonds. The third-order valence-corrected chi connectivity index (χ3v) is 7.80. The lowest BCUT2D eigenvalue weighted by molar-refractivity contribution is -0.139. The summed E-state index contributed by atoms with van der Waals surface area (Å²) < 4.78 is 0. The van der Waals surface area contributed by atoms with Gasteiger partial charge in [-0.25, -0.2) is 0 Å². The zero-order valence-electron chi connectivity index (χ0n) is 20.4. The SMILES string of the molecule is O=C(NC1CCCCC1)C(Cc1ccccc1)N(Cc1cccc(Cl)c1)C(=O)CSc1ccccc1. The lowest BCUT2D eigenvalue weighted by atomic mass is 9.94. The van der Waals surface area contributed by atoms with Crippen molar-refractivity contribution in [2.75, 3.05) is 5.75 Å². The van der Waals surface area contributed by atoms with Crippen LogP contribution in [0.1, 0.15) is 43.2 Å². The minimum Gasteiger partial charge on any atom is -0.352 e. The third kappa shape index (κ3) is 7.87. The molecular weight excluding hydrogens is 488 g/mol. The van der Waals surface area contributed by atoms with E-state index in [-0.39, 0.29) is 23.6 Å². The average Bonchev–Trinajstić information content (AvgIpc) is 2.91. The van der Waals surface area contributed by atoms with E-state index in [4.69, 9.17) is 11.6 Å².